The van der Waals surface area contributed by atoms with Gasteiger partial charge in [0.15, 0.2) is 17.4 Å². The van der Waals surface area contributed by atoms with Gasteiger partial charge >= 0.3 is 0 Å². The van der Waals surface area contributed by atoms with Crippen LogP contribution >= 0.6 is 0 Å². The van der Waals surface area contributed by atoms with Crippen LogP contribution in [0.25, 0.3) is 5.65 Å². The second-order valence-corrected chi connectivity index (χ2v) is 7.18. The molecule has 0 amide bonds. The number of fused-ring (bicyclic) bond motifs is 1. The first-order valence-corrected chi connectivity index (χ1v) is 8.80. The minimum absolute atomic E-state index is 0.410. The van der Waals surface area contributed by atoms with Crippen molar-refractivity contribution in [3.63, 3.8) is 0 Å². The number of guanidine groups is 1. The molecule has 0 atom stereocenters. The topological polar surface area (TPSA) is 66.6 Å². The molecule has 0 aliphatic rings. The van der Waals surface area contributed by atoms with Crippen LogP contribution in [0, 0.1) is 5.41 Å². The van der Waals surface area contributed by atoms with E-state index in [4.69, 9.17) is 0 Å². The first-order valence-electron chi connectivity index (χ1n) is 8.80. The number of aliphatic imine (C=N–C) groups is 1. The average molecular weight is 330 g/mol. The zero-order valence-electron chi connectivity index (χ0n) is 15.3. The van der Waals surface area contributed by atoms with Gasteiger partial charge < -0.3 is 10.6 Å². The third-order valence-electron chi connectivity index (χ3n) is 3.75. The van der Waals surface area contributed by atoms with E-state index >= 15 is 0 Å². The molecule has 0 saturated carbocycles. The van der Waals surface area contributed by atoms with Gasteiger partial charge in [0.25, 0.3) is 0 Å². The summed E-state index contributed by atoms with van der Waals surface area (Å²) in [4.78, 5) is 4.62. The molecule has 2 aromatic heterocycles. The second-order valence-electron chi connectivity index (χ2n) is 7.18. The maximum atomic E-state index is 4.62. The van der Waals surface area contributed by atoms with Gasteiger partial charge in [-0.05, 0) is 37.3 Å². The summed E-state index contributed by atoms with van der Waals surface area (Å²) < 4.78 is 1.97. The number of aromatic nitrogens is 3. The number of rotatable bonds is 7. The van der Waals surface area contributed by atoms with Crippen LogP contribution in [0.5, 0.6) is 0 Å². The Bertz CT molecular complexity index is 653. The van der Waals surface area contributed by atoms with Crippen LogP contribution in [0.1, 0.15) is 52.8 Å². The number of hydrogen-bond acceptors (Lipinski definition) is 3. The van der Waals surface area contributed by atoms with E-state index in [1.54, 1.807) is 0 Å². The van der Waals surface area contributed by atoms with Crippen molar-refractivity contribution in [2.24, 2.45) is 10.4 Å². The fourth-order valence-electron chi connectivity index (χ4n) is 2.48. The highest BCUT2D eigenvalue weighted by molar-refractivity contribution is 5.79. The normalized spacial score (nSPS) is 12.6. The Morgan fingerprint density at radius 1 is 1.17 bits per heavy atom. The van der Waals surface area contributed by atoms with Crippen molar-refractivity contribution in [1.82, 2.24) is 25.2 Å². The van der Waals surface area contributed by atoms with Crippen LogP contribution in [-0.2, 0) is 6.54 Å². The molecule has 0 radical (unpaired) electrons. The van der Waals surface area contributed by atoms with Gasteiger partial charge in [0, 0.05) is 19.3 Å². The predicted molar refractivity (Wildman–Crippen MR) is 99.1 cm³/mol. The smallest absolute Gasteiger partial charge is 0.191 e. The van der Waals surface area contributed by atoms with Crippen molar-refractivity contribution in [1.29, 1.82) is 0 Å². The molecule has 2 heterocycles. The minimum Gasteiger partial charge on any atom is -0.357 e. The van der Waals surface area contributed by atoms with E-state index in [1.165, 1.54) is 12.8 Å². The fraction of sp³-hybridized carbons (Fsp3) is 0.611. The number of hydrogen-bond donors (Lipinski definition) is 2. The standard InChI is InChI=1S/C18H30N6/c1-5-19-17(20-12-8-7-11-18(2,3)4)21-14-16-23-22-15-10-6-9-13-24(15)16/h6,9-10,13H,5,7-8,11-12,14H2,1-4H3,(H2,19,20,21). The lowest BCUT2D eigenvalue weighted by Gasteiger charge is -2.18. The zero-order chi connectivity index (χ0) is 17.4. The van der Waals surface area contributed by atoms with E-state index < -0.39 is 0 Å². The Kier molecular flexibility index (Phi) is 6.58. The van der Waals surface area contributed by atoms with Crippen molar-refractivity contribution in [2.45, 2.75) is 53.5 Å². The second kappa shape index (κ2) is 8.66. The van der Waals surface area contributed by atoms with Crippen LogP contribution < -0.4 is 10.6 Å². The lowest BCUT2D eigenvalue weighted by Crippen LogP contribution is -2.37. The van der Waals surface area contributed by atoms with E-state index in [0.717, 1.165) is 36.9 Å². The summed E-state index contributed by atoms with van der Waals surface area (Å²) in [6.45, 7) is 11.2. The highest BCUT2D eigenvalue weighted by Gasteiger charge is 2.09. The largest absolute Gasteiger partial charge is 0.357 e. The molecule has 2 rings (SSSR count). The average Bonchev–Trinajstić information content (AvgIpc) is 2.94. The summed E-state index contributed by atoms with van der Waals surface area (Å²) in [6, 6.07) is 5.88. The van der Waals surface area contributed by atoms with E-state index in [9.17, 15) is 0 Å². The first kappa shape index (κ1) is 18.2. The van der Waals surface area contributed by atoms with Gasteiger partial charge in [0.05, 0.1) is 0 Å². The molecule has 0 saturated heterocycles. The molecule has 132 valence electrons. The Hall–Kier alpha value is -2.11. The molecule has 2 aromatic rings. The van der Waals surface area contributed by atoms with Crippen molar-refractivity contribution in [3.05, 3.63) is 30.2 Å². The SMILES string of the molecule is CCNC(=NCc1nnc2ccccn12)NCCCCC(C)(C)C. The highest BCUT2D eigenvalue weighted by Crippen LogP contribution is 2.21. The van der Waals surface area contributed by atoms with Gasteiger partial charge in [-0.3, -0.25) is 4.40 Å². The summed E-state index contributed by atoms with van der Waals surface area (Å²) in [5, 5.41) is 15.0. The van der Waals surface area contributed by atoms with Crippen molar-refractivity contribution < 1.29 is 0 Å². The monoisotopic (exact) mass is 330 g/mol. The van der Waals surface area contributed by atoms with Crippen molar-refractivity contribution in [2.75, 3.05) is 13.1 Å². The third-order valence-corrected chi connectivity index (χ3v) is 3.75. The Balaban J connectivity index is 1.86. The van der Waals surface area contributed by atoms with Gasteiger partial charge in [-0.1, -0.05) is 33.3 Å². The van der Waals surface area contributed by atoms with E-state index in [0.29, 0.717) is 12.0 Å². The van der Waals surface area contributed by atoms with Gasteiger partial charge in [0.2, 0.25) is 0 Å². The Morgan fingerprint density at radius 2 is 2.00 bits per heavy atom. The summed E-state index contributed by atoms with van der Waals surface area (Å²) in [7, 11) is 0. The third kappa shape index (κ3) is 5.83. The number of pyridine rings is 1. The van der Waals surface area contributed by atoms with Crippen molar-refractivity contribution in [3.8, 4) is 0 Å². The molecular weight excluding hydrogens is 300 g/mol. The van der Waals surface area contributed by atoms with Crippen molar-refractivity contribution >= 4 is 11.6 Å². The van der Waals surface area contributed by atoms with E-state index in [-0.39, 0.29) is 0 Å². The minimum atomic E-state index is 0.410. The Morgan fingerprint density at radius 3 is 2.75 bits per heavy atom. The van der Waals surface area contributed by atoms with E-state index in [1.807, 2.05) is 28.8 Å². The number of unbranched alkanes of at least 4 members (excludes halogenated alkanes) is 1. The summed E-state index contributed by atoms with van der Waals surface area (Å²) >= 11 is 0. The molecule has 0 spiro atoms. The maximum absolute atomic E-state index is 4.62. The quantitative estimate of drug-likeness (QED) is 0.465. The lowest BCUT2D eigenvalue weighted by atomic mass is 9.90. The molecular formula is C18H30N6. The molecule has 0 fully saturated rings. The van der Waals surface area contributed by atoms with Crippen LogP contribution in [0.4, 0.5) is 0 Å². The lowest BCUT2D eigenvalue weighted by molar-refractivity contribution is 0.360. The predicted octanol–water partition coefficient (Wildman–Crippen LogP) is 3.00. The molecule has 24 heavy (non-hydrogen) atoms. The molecule has 2 N–H and O–H groups in total. The van der Waals surface area contributed by atoms with Crippen LogP contribution in [0.3, 0.4) is 0 Å². The zero-order valence-corrected chi connectivity index (χ0v) is 15.3. The van der Waals surface area contributed by atoms with Crippen LogP contribution in [0.15, 0.2) is 29.4 Å². The van der Waals surface area contributed by atoms with Gasteiger partial charge in [-0.2, -0.15) is 0 Å². The summed E-state index contributed by atoms with van der Waals surface area (Å²) in [5.41, 5.74) is 1.26. The molecule has 0 aliphatic carbocycles. The van der Waals surface area contributed by atoms with Crippen LogP contribution in [0.2, 0.25) is 0 Å². The summed E-state index contributed by atoms with van der Waals surface area (Å²) in [5.74, 6) is 1.68. The first-order chi connectivity index (χ1) is 11.5. The van der Waals surface area contributed by atoms with Gasteiger partial charge in [-0.25, -0.2) is 4.99 Å². The Labute approximate surface area is 144 Å². The van der Waals surface area contributed by atoms with Gasteiger partial charge in [0.1, 0.15) is 6.54 Å². The molecule has 0 aliphatic heterocycles. The molecule has 6 nitrogen and oxygen atoms in total. The number of nitrogens with zero attached hydrogens (tertiary/aromatic N) is 4. The molecule has 0 unspecified atom stereocenters. The maximum Gasteiger partial charge on any atom is 0.191 e. The number of nitrogens with one attached hydrogen (secondary N) is 2. The van der Waals surface area contributed by atoms with E-state index in [2.05, 4.69) is 53.5 Å². The molecule has 0 aromatic carbocycles. The fourth-order valence-corrected chi connectivity index (χ4v) is 2.48. The highest BCUT2D eigenvalue weighted by atomic mass is 15.3. The summed E-state index contributed by atoms with van der Waals surface area (Å²) in [6.07, 6.45) is 5.58. The van der Waals surface area contributed by atoms with Gasteiger partial charge in [-0.15, -0.1) is 10.2 Å². The van der Waals surface area contributed by atoms with Crippen LogP contribution in [-0.4, -0.2) is 33.6 Å². The molecule has 6 heteroatoms. The molecule has 0 bridgehead atoms.